The van der Waals surface area contributed by atoms with Crippen LogP contribution >= 0.6 is 12.6 Å². The van der Waals surface area contributed by atoms with E-state index in [0.29, 0.717) is 25.8 Å². The minimum absolute atomic E-state index is 0.148. The van der Waals surface area contributed by atoms with E-state index in [2.05, 4.69) is 23.3 Å². The van der Waals surface area contributed by atoms with E-state index in [4.69, 9.17) is 5.73 Å². The van der Waals surface area contributed by atoms with Crippen LogP contribution in [0.1, 0.15) is 31.4 Å². The summed E-state index contributed by atoms with van der Waals surface area (Å²) in [5.74, 6) is -1.21. The van der Waals surface area contributed by atoms with Gasteiger partial charge in [-0.2, -0.15) is 12.6 Å². The van der Waals surface area contributed by atoms with Crippen LogP contribution in [-0.4, -0.2) is 46.9 Å². The molecule has 0 saturated carbocycles. The summed E-state index contributed by atoms with van der Waals surface area (Å²) in [6.07, 6.45) is 1.49. The largest absolute Gasteiger partial charge is 0.480 e. The zero-order chi connectivity index (χ0) is 23.5. The number of carboxylic acids is 1. The van der Waals surface area contributed by atoms with Gasteiger partial charge in [0.15, 0.2) is 0 Å². The third-order valence-electron chi connectivity index (χ3n) is 5.30. The van der Waals surface area contributed by atoms with Crippen molar-refractivity contribution in [3.63, 3.8) is 0 Å². The molecule has 0 aliphatic rings. The van der Waals surface area contributed by atoms with Crippen LogP contribution in [0, 0.1) is 5.92 Å². The number of rotatable bonds is 13. The van der Waals surface area contributed by atoms with Gasteiger partial charge in [0.25, 0.3) is 0 Å². The molecule has 32 heavy (non-hydrogen) atoms. The smallest absolute Gasteiger partial charge is 0.326 e. The van der Waals surface area contributed by atoms with Crippen molar-refractivity contribution in [2.24, 2.45) is 11.7 Å². The lowest BCUT2D eigenvalue weighted by Crippen LogP contribution is -2.53. The van der Waals surface area contributed by atoms with Gasteiger partial charge < -0.3 is 21.5 Å². The van der Waals surface area contributed by atoms with E-state index in [9.17, 15) is 14.7 Å². The Morgan fingerprint density at radius 3 is 1.97 bits per heavy atom. The van der Waals surface area contributed by atoms with Crippen LogP contribution < -0.4 is 16.4 Å². The molecule has 0 spiro atoms. The van der Waals surface area contributed by atoms with Gasteiger partial charge in [-0.15, -0.1) is 0 Å². The van der Waals surface area contributed by atoms with Crippen LogP contribution in [0.3, 0.4) is 0 Å². The van der Waals surface area contributed by atoms with Crippen LogP contribution in [0.15, 0.2) is 60.7 Å². The Morgan fingerprint density at radius 2 is 1.47 bits per heavy atom. The molecule has 6 nitrogen and oxygen atoms in total. The lowest BCUT2D eigenvalue weighted by molar-refractivity contribution is -0.142. The quantitative estimate of drug-likeness (QED) is 0.298. The molecule has 2 aromatic rings. The monoisotopic (exact) mass is 457 g/mol. The Labute approximate surface area is 196 Å². The molecule has 0 radical (unpaired) electrons. The van der Waals surface area contributed by atoms with Gasteiger partial charge in [-0.3, -0.25) is 4.79 Å². The van der Waals surface area contributed by atoms with Crippen molar-refractivity contribution in [2.75, 3.05) is 6.54 Å². The maximum atomic E-state index is 13.0. The highest BCUT2D eigenvalue weighted by molar-refractivity contribution is 7.81. The molecule has 1 amide bonds. The Hall–Kier alpha value is -2.35. The Morgan fingerprint density at radius 1 is 0.938 bits per heavy atom. The van der Waals surface area contributed by atoms with E-state index in [1.165, 1.54) is 0 Å². The molecule has 0 heterocycles. The zero-order valence-corrected chi connectivity index (χ0v) is 19.7. The fourth-order valence-electron chi connectivity index (χ4n) is 3.51. The summed E-state index contributed by atoms with van der Waals surface area (Å²) in [4.78, 5) is 24.6. The summed E-state index contributed by atoms with van der Waals surface area (Å²) in [7, 11) is 0. The molecule has 0 fully saturated rings. The van der Waals surface area contributed by atoms with Crippen molar-refractivity contribution < 1.29 is 14.7 Å². The molecule has 2 unspecified atom stereocenters. The van der Waals surface area contributed by atoms with Gasteiger partial charge in [-0.25, -0.2) is 4.79 Å². The second-order valence-corrected chi connectivity index (χ2v) is 9.26. The number of carboxylic acid groups (broad SMARTS) is 1. The predicted octanol–water partition coefficient (Wildman–Crippen LogP) is 2.67. The first-order chi connectivity index (χ1) is 15.3. The summed E-state index contributed by atoms with van der Waals surface area (Å²) in [5, 5.41) is 15.3. The number of carbonyl (C=O) groups is 2. The molecule has 2 aromatic carbocycles. The van der Waals surface area contributed by atoms with Crippen molar-refractivity contribution in [1.29, 1.82) is 0 Å². The van der Waals surface area contributed by atoms with Crippen LogP contribution in [0.4, 0.5) is 0 Å². The van der Waals surface area contributed by atoms with Gasteiger partial charge in [-0.1, -0.05) is 74.5 Å². The Kier molecular flexibility index (Phi) is 10.7. The molecule has 0 saturated heterocycles. The second-order valence-electron chi connectivity index (χ2n) is 8.60. The number of nitrogens with two attached hydrogens (primary N) is 1. The van der Waals surface area contributed by atoms with Crippen molar-refractivity contribution in [1.82, 2.24) is 10.6 Å². The minimum Gasteiger partial charge on any atom is -0.480 e. The highest BCUT2D eigenvalue weighted by Gasteiger charge is 2.27. The van der Waals surface area contributed by atoms with Crippen LogP contribution in [0.5, 0.6) is 0 Å². The third kappa shape index (κ3) is 9.02. The first-order valence-corrected chi connectivity index (χ1v) is 11.6. The van der Waals surface area contributed by atoms with E-state index in [0.717, 1.165) is 11.1 Å². The number of nitrogens with one attached hydrogen (secondary N) is 2. The van der Waals surface area contributed by atoms with Gasteiger partial charge in [0.05, 0.1) is 6.04 Å². The Balaban J connectivity index is 2.03. The molecule has 0 bridgehead atoms. The van der Waals surface area contributed by atoms with Crippen LogP contribution in [-0.2, 0) is 22.4 Å². The van der Waals surface area contributed by atoms with Crippen molar-refractivity contribution >= 4 is 24.5 Å². The standard InChI is InChI=1S/C25H35N3O3S/c1-17(2)13-22(25(30)31)28-24(29)21(15-19-11-7-4-8-12-19)27-16-23(32)20(26)14-18-9-5-3-6-10-18/h3-12,17,20-23,27,32H,13-16,26H2,1-2H3,(H,28,29)(H,30,31)/t20?,21-,22-,23?/m0/s1. The number of carbonyl (C=O) groups excluding carboxylic acids is 1. The lowest BCUT2D eigenvalue weighted by atomic mass is 10.0. The number of hydrogen-bond donors (Lipinski definition) is 5. The molecule has 0 aromatic heterocycles. The summed E-state index contributed by atoms with van der Waals surface area (Å²) in [6, 6.07) is 17.9. The van der Waals surface area contributed by atoms with Gasteiger partial charge in [0.2, 0.25) is 5.91 Å². The van der Waals surface area contributed by atoms with Crippen molar-refractivity contribution in [2.45, 2.75) is 56.5 Å². The fourth-order valence-corrected chi connectivity index (χ4v) is 3.72. The van der Waals surface area contributed by atoms with E-state index in [1.54, 1.807) is 0 Å². The van der Waals surface area contributed by atoms with Gasteiger partial charge >= 0.3 is 5.97 Å². The summed E-state index contributed by atoms with van der Waals surface area (Å²) >= 11 is 4.66. The minimum atomic E-state index is -1.03. The highest BCUT2D eigenvalue weighted by Crippen LogP contribution is 2.11. The van der Waals surface area contributed by atoms with Crippen molar-refractivity contribution in [3.8, 4) is 0 Å². The molecule has 0 aliphatic carbocycles. The van der Waals surface area contributed by atoms with Crippen molar-refractivity contribution in [3.05, 3.63) is 71.8 Å². The van der Waals surface area contributed by atoms with E-state index < -0.39 is 18.1 Å². The van der Waals surface area contributed by atoms with Crippen LogP contribution in [0.25, 0.3) is 0 Å². The van der Waals surface area contributed by atoms with Gasteiger partial charge in [0.1, 0.15) is 6.04 Å². The number of thiol groups is 1. The van der Waals surface area contributed by atoms with Gasteiger partial charge in [-0.05, 0) is 36.3 Å². The third-order valence-corrected chi connectivity index (χ3v) is 5.87. The molecule has 2 rings (SSSR count). The maximum Gasteiger partial charge on any atom is 0.326 e. The Bertz CT molecular complexity index is 833. The number of amides is 1. The predicted molar refractivity (Wildman–Crippen MR) is 132 cm³/mol. The normalized spacial score (nSPS) is 15.0. The SMILES string of the molecule is CC(C)C[C@H](NC(=O)[C@H](Cc1ccccc1)NCC(S)C(N)Cc1ccccc1)C(=O)O. The molecular weight excluding hydrogens is 422 g/mol. The zero-order valence-electron chi connectivity index (χ0n) is 18.8. The molecule has 174 valence electrons. The molecule has 5 N–H and O–H groups in total. The van der Waals surface area contributed by atoms with Gasteiger partial charge in [0, 0.05) is 17.8 Å². The average Bonchev–Trinajstić information content (AvgIpc) is 2.76. The van der Waals surface area contributed by atoms with E-state index in [-0.39, 0.29) is 23.1 Å². The molecule has 0 aliphatic heterocycles. The lowest BCUT2D eigenvalue weighted by Gasteiger charge is -2.25. The van der Waals surface area contributed by atoms with E-state index >= 15 is 0 Å². The number of benzene rings is 2. The molecule has 4 atom stereocenters. The van der Waals surface area contributed by atoms with E-state index in [1.807, 2.05) is 74.5 Å². The summed E-state index contributed by atoms with van der Waals surface area (Å²) < 4.78 is 0. The summed E-state index contributed by atoms with van der Waals surface area (Å²) in [5.41, 5.74) is 8.47. The molecular formula is C25H35N3O3S. The van der Waals surface area contributed by atoms with Crippen LogP contribution in [0.2, 0.25) is 0 Å². The average molecular weight is 458 g/mol. The maximum absolute atomic E-state index is 13.0. The highest BCUT2D eigenvalue weighted by atomic mass is 32.1. The number of hydrogen-bond acceptors (Lipinski definition) is 5. The molecule has 7 heteroatoms. The summed E-state index contributed by atoms with van der Waals surface area (Å²) in [6.45, 7) is 4.28. The first kappa shape index (κ1) is 25.9. The first-order valence-electron chi connectivity index (χ1n) is 11.0. The second kappa shape index (κ2) is 13.3. The fraction of sp³-hybridized carbons (Fsp3) is 0.440. The topological polar surface area (TPSA) is 104 Å². The number of aliphatic carboxylic acids is 1.